The molecule has 0 saturated carbocycles. The van der Waals surface area contributed by atoms with Gasteiger partial charge in [-0.25, -0.2) is 4.98 Å². The SMILES string of the molecule is CC(NC(=O)C(Cc1cnc[nH]1)NC(=O)C(N)Cc1c[nH]c2ccccc12)C(=O)O. The van der Waals surface area contributed by atoms with Crippen molar-refractivity contribution in [2.24, 2.45) is 5.73 Å². The summed E-state index contributed by atoms with van der Waals surface area (Å²) in [7, 11) is 0. The first-order valence-corrected chi connectivity index (χ1v) is 9.46. The van der Waals surface area contributed by atoms with Crippen molar-refractivity contribution in [1.82, 2.24) is 25.6 Å². The molecular formula is C20H24N6O4. The van der Waals surface area contributed by atoms with Gasteiger partial charge in [-0.05, 0) is 25.0 Å². The molecule has 3 aromatic rings. The van der Waals surface area contributed by atoms with E-state index in [1.54, 1.807) is 6.20 Å². The summed E-state index contributed by atoms with van der Waals surface area (Å²) in [6.07, 6.45) is 5.18. The fourth-order valence-corrected chi connectivity index (χ4v) is 3.11. The number of carboxylic acid groups (broad SMARTS) is 1. The first-order valence-electron chi connectivity index (χ1n) is 9.46. The van der Waals surface area contributed by atoms with E-state index in [4.69, 9.17) is 10.8 Å². The number of hydrogen-bond acceptors (Lipinski definition) is 5. The molecule has 0 radical (unpaired) electrons. The van der Waals surface area contributed by atoms with Crippen LogP contribution in [0.4, 0.5) is 0 Å². The summed E-state index contributed by atoms with van der Waals surface area (Å²) in [6.45, 7) is 1.35. The highest BCUT2D eigenvalue weighted by atomic mass is 16.4. The number of benzene rings is 1. The zero-order chi connectivity index (χ0) is 21.7. The lowest BCUT2D eigenvalue weighted by atomic mass is 10.0. The van der Waals surface area contributed by atoms with Gasteiger partial charge in [-0.15, -0.1) is 0 Å². The molecule has 3 atom stereocenters. The number of H-pyrrole nitrogens is 2. The fourth-order valence-electron chi connectivity index (χ4n) is 3.11. The fraction of sp³-hybridized carbons (Fsp3) is 0.300. The van der Waals surface area contributed by atoms with Crippen LogP contribution in [0.25, 0.3) is 10.9 Å². The van der Waals surface area contributed by atoms with E-state index in [2.05, 4.69) is 25.6 Å². The third kappa shape index (κ3) is 5.03. The van der Waals surface area contributed by atoms with Crippen LogP contribution in [0.2, 0.25) is 0 Å². The first-order chi connectivity index (χ1) is 14.3. The highest BCUT2D eigenvalue weighted by Crippen LogP contribution is 2.18. The van der Waals surface area contributed by atoms with Crippen molar-refractivity contribution >= 4 is 28.7 Å². The molecule has 3 rings (SSSR count). The van der Waals surface area contributed by atoms with Crippen molar-refractivity contribution < 1.29 is 19.5 Å². The third-order valence-electron chi connectivity index (χ3n) is 4.79. The van der Waals surface area contributed by atoms with Gasteiger partial charge in [0.2, 0.25) is 11.8 Å². The van der Waals surface area contributed by atoms with E-state index in [0.29, 0.717) is 5.69 Å². The Morgan fingerprint density at radius 3 is 2.60 bits per heavy atom. The molecule has 0 bridgehead atoms. The number of carboxylic acids is 1. The van der Waals surface area contributed by atoms with Gasteiger partial charge in [0.25, 0.3) is 0 Å². The lowest BCUT2D eigenvalue weighted by molar-refractivity contribution is -0.141. The monoisotopic (exact) mass is 412 g/mol. The number of carbonyl (C=O) groups excluding carboxylic acids is 2. The number of aromatic amines is 2. The Bertz CT molecular complexity index is 1030. The molecule has 0 aliphatic heterocycles. The van der Waals surface area contributed by atoms with Crippen molar-refractivity contribution in [3.05, 3.63) is 54.2 Å². The molecular weight excluding hydrogens is 388 g/mol. The van der Waals surface area contributed by atoms with Crippen molar-refractivity contribution in [1.29, 1.82) is 0 Å². The summed E-state index contributed by atoms with van der Waals surface area (Å²) in [5.41, 5.74) is 8.55. The molecule has 7 N–H and O–H groups in total. The van der Waals surface area contributed by atoms with Crippen molar-refractivity contribution in [3.8, 4) is 0 Å². The molecule has 0 aliphatic rings. The molecule has 0 aliphatic carbocycles. The van der Waals surface area contributed by atoms with Crippen LogP contribution in [-0.2, 0) is 27.2 Å². The summed E-state index contributed by atoms with van der Waals surface area (Å²) in [5, 5.41) is 15.0. The molecule has 2 heterocycles. The Hall–Kier alpha value is -3.66. The number of nitrogens with one attached hydrogen (secondary N) is 4. The van der Waals surface area contributed by atoms with Crippen molar-refractivity contribution in [2.45, 2.75) is 37.9 Å². The van der Waals surface area contributed by atoms with Gasteiger partial charge in [0.15, 0.2) is 0 Å². The van der Waals surface area contributed by atoms with E-state index in [9.17, 15) is 14.4 Å². The Kier molecular flexibility index (Phi) is 6.48. The number of hydrogen-bond donors (Lipinski definition) is 6. The van der Waals surface area contributed by atoms with Gasteiger partial charge in [0, 0.05) is 35.4 Å². The molecule has 10 nitrogen and oxygen atoms in total. The van der Waals surface area contributed by atoms with E-state index in [-0.39, 0.29) is 12.8 Å². The number of fused-ring (bicyclic) bond motifs is 1. The highest BCUT2D eigenvalue weighted by molar-refractivity contribution is 5.92. The summed E-state index contributed by atoms with van der Waals surface area (Å²) in [4.78, 5) is 46.2. The number of aromatic nitrogens is 3. The predicted molar refractivity (Wildman–Crippen MR) is 109 cm³/mol. The summed E-state index contributed by atoms with van der Waals surface area (Å²) in [6, 6.07) is 4.68. The van der Waals surface area contributed by atoms with Crippen LogP contribution in [0.3, 0.4) is 0 Å². The Morgan fingerprint density at radius 2 is 1.90 bits per heavy atom. The summed E-state index contributed by atoms with van der Waals surface area (Å²) in [5.74, 6) is -2.30. The minimum atomic E-state index is -1.17. The quantitative estimate of drug-likeness (QED) is 0.291. The second kappa shape index (κ2) is 9.23. The standard InChI is InChI=1S/C20H24N6O4/c1-11(20(29)30)25-19(28)17(7-13-9-22-10-24-13)26-18(27)15(21)6-12-8-23-16-5-3-2-4-14(12)16/h2-5,8-11,15,17,23H,6-7,21H2,1H3,(H,22,24)(H,25,28)(H,26,27)(H,29,30). The van der Waals surface area contributed by atoms with Gasteiger partial charge in [-0.1, -0.05) is 18.2 Å². The number of nitrogens with zero attached hydrogens (tertiary/aromatic N) is 1. The van der Waals surface area contributed by atoms with Crippen molar-refractivity contribution in [2.75, 3.05) is 0 Å². The number of para-hydroxylation sites is 1. The molecule has 10 heteroatoms. The minimum absolute atomic E-state index is 0.115. The lowest BCUT2D eigenvalue weighted by Gasteiger charge is -2.21. The van der Waals surface area contributed by atoms with Gasteiger partial charge < -0.3 is 31.4 Å². The number of imidazole rings is 1. The second-order valence-corrected chi connectivity index (χ2v) is 7.08. The van der Waals surface area contributed by atoms with Gasteiger partial charge in [0.05, 0.1) is 12.4 Å². The number of amides is 2. The predicted octanol–water partition coefficient (Wildman–Crippen LogP) is 0.0776. The van der Waals surface area contributed by atoms with E-state index in [1.807, 2.05) is 24.3 Å². The molecule has 158 valence electrons. The average Bonchev–Trinajstić information content (AvgIpc) is 3.37. The maximum atomic E-state index is 12.7. The normalized spacial score (nSPS) is 14.1. The van der Waals surface area contributed by atoms with Crippen LogP contribution < -0.4 is 16.4 Å². The van der Waals surface area contributed by atoms with Crippen LogP contribution in [0, 0.1) is 0 Å². The van der Waals surface area contributed by atoms with Crippen molar-refractivity contribution in [3.63, 3.8) is 0 Å². The second-order valence-electron chi connectivity index (χ2n) is 7.08. The number of rotatable bonds is 9. The molecule has 3 unspecified atom stereocenters. The van der Waals surface area contributed by atoms with Gasteiger partial charge >= 0.3 is 5.97 Å². The average molecular weight is 412 g/mol. The molecule has 2 amide bonds. The third-order valence-corrected chi connectivity index (χ3v) is 4.79. The van der Waals surface area contributed by atoms with E-state index < -0.39 is 35.9 Å². The van der Waals surface area contributed by atoms with Crippen LogP contribution in [0.15, 0.2) is 43.0 Å². The zero-order valence-corrected chi connectivity index (χ0v) is 16.4. The Morgan fingerprint density at radius 1 is 1.13 bits per heavy atom. The largest absolute Gasteiger partial charge is 0.480 e. The summed E-state index contributed by atoms with van der Waals surface area (Å²) < 4.78 is 0. The lowest BCUT2D eigenvalue weighted by Crippen LogP contribution is -2.55. The first kappa shape index (κ1) is 21.1. The zero-order valence-electron chi connectivity index (χ0n) is 16.4. The topological polar surface area (TPSA) is 166 Å². The molecule has 2 aromatic heterocycles. The summed E-state index contributed by atoms with van der Waals surface area (Å²) >= 11 is 0. The molecule has 0 spiro atoms. The number of nitrogens with two attached hydrogens (primary N) is 1. The molecule has 0 fully saturated rings. The number of carbonyl (C=O) groups is 3. The van der Waals surface area contributed by atoms with Crippen LogP contribution in [0.1, 0.15) is 18.2 Å². The molecule has 1 aromatic carbocycles. The van der Waals surface area contributed by atoms with E-state index in [0.717, 1.165) is 16.5 Å². The minimum Gasteiger partial charge on any atom is -0.480 e. The van der Waals surface area contributed by atoms with E-state index >= 15 is 0 Å². The molecule has 0 saturated heterocycles. The van der Waals surface area contributed by atoms with Crippen LogP contribution in [0.5, 0.6) is 0 Å². The van der Waals surface area contributed by atoms with Gasteiger partial charge in [-0.3, -0.25) is 14.4 Å². The maximum absolute atomic E-state index is 12.7. The highest BCUT2D eigenvalue weighted by Gasteiger charge is 2.27. The van der Waals surface area contributed by atoms with Gasteiger partial charge in [0.1, 0.15) is 12.1 Å². The van der Waals surface area contributed by atoms with Crippen LogP contribution >= 0.6 is 0 Å². The Labute approximate surface area is 172 Å². The molecule has 30 heavy (non-hydrogen) atoms. The smallest absolute Gasteiger partial charge is 0.325 e. The Balaban J connectivity index is 1.69. The van der Waals surface area contributed by atoms with E-state index in [1.165, 1.54) is 19.4 Å². The van der Waals surface area contributed by atoms with Crippen LogP contribution in [-0.4, -0.2) is 56.0 Å². The number of aliphatic carboxylic acids is 1. The maximum Gasteiger partial charge on any atom is 0.325 e. The van der Waals surface area contributed by atoms with Gasteiger partial charge in [-0.2, -0.15) is 0 Å².